The quantitative estimate of drug-likeness (QED) is 0.187. The minimum Gasteiger partial charge on any atom is -0.309 e. The topological polar surface area (TPSA) is 40.0 Å². The van der Waals surface area contributed by atoms with Gasteiger partial charge >= 0.3 is 0 Å². The molecule has 0 saturated heterocycles. The molecule has 246 valence electrons. The average Bonchev–Trinajstić information content (AvgIpc) is 3.89. The van der Waals surface area contributed by atoms with Crippen molar-refractivity contribution in [3.63, 3.8) is 0 Å². The molecule has 12 rings (SSSR count). The maximum Gasteiger partial charge on any atom is 0.221 e. The molecule has 0 bridgehead atoms. The molecule has 0 aliphatic carbocycles. The lowest BCUT2D eigenvalue weighted by Gasteiger charge is -2.13. The maximum atomic E-state index is 5.39. The summed E-state index contributed by atoms with van der Waals surface area (Å²) in [5.41, 5.74) is 11.9. The summed E-state index contributed by atoms with van der Waals surface area (Å²) >= 11 is 0. The van der Waals surface area contributed by atoms with Gasteiger partial charge in [0.1, 0.15) is 5.65 Å². The molecule has 0 radical (unpaired) electrons. The fraction of sp³-hybridized carbons (Fsp3) is 0. The highest BCUT2D eigenvalue weighted by atomic mass is 15.2. The van der Waals surface area contributed by atoms with Crippen LogP contribution in [0, 0.1) is 0 Å². The van der Waals surface area contributed by atoms with E-state index >= 15 is 0 Å². The predicted octanol–water partition coefficient (Wildman–Crippen LogP) is 12.1. The van der Waals surface area contributed by atoms with Crippen LogP contribution >= 0.6 is 0 Å². The first-order valence-corrected chi connectivity index (χ1v) is 18.0. The van der Waals surface area contributed by atoms with Crippen LogP contribution in [0.15, 0.2) is 176 Å². The smallest absolute Gasteiger partial charge is 0.221 e. The molecular formula is C48H29N5. The normalized spacial score (nSPS) is 12.2. The summed E-state index contributed by atoms with van der Waals surface area (Å²) in [7, 11) is 0. The first kappa shape index (κ1) is 28.5. The third kappa shape index (κ3) is 3.96. The monoisotopic (exact) mass is 675 g/mol. The largest absolute Gasteiger partial charge is 0.309 e. The number of hydrogen-bond acceptors (Lipinski definition) is 2. The Morgan fingerprint density at radius 1 is 0.358 bits per heavy atom. The van der Waals surface area contributed by atoms with Crippen molar-refractivity contribution in [2.75, 3.05) is 0 Å². The fourth-order valence-electron chi connectivity index (χ4n) is 8.67. The van der Waals surface area contributed by atoms with Gasteiger partial charge < -0.3 is 4.57 Å². The molecule has 0 aliphatic rings. The van der Waals surface area contributed by atoms with Crippen LogP contribution in [0.25, 0.3) is 105 Å². The summed E-state index contributed by atoms with van der Waals surface area (Å²) in [6, 6.07) is 63.0. The van der Waals surface area contributed by atoms with E-state index in [9.17, 15) is 0 Å². The lowest BCUT2D eigenvalue weighted by molar-refractivity contribution is 0.980. The van der Waals surface area contributed by atoms with Crippen molar-refractivity contribution >= 4 is 82.0 Å². The van der Waals surface area contributed by atoms with Crippen molar-refractivity contribution in [1.29, 1.82) is 0 Å². The SMILES string of the molecule is c1ccc2c(c1)ccc1c2c2cc(-c3ccc(-n4c5ccccc5c5ccccc54)cc3)ccc2n1-c1nc2ccccc2c2nc3ccccc3n12. The van der Waals surface area contributed by atoms with Gasteiger partial charge in [-0.15, -0.1) is 0 Å². The molecule has 0 fully saturated rings. The van der Waals surface area contributed by atoms with Gasteiger partial charge in [-0.25, -0.2) is 9.97 Å². The molecule has 12 aromatic rings. The Bertz CT molecular complexity index is 3400. The van der Waals surface area contributed by atoms with Crippen molar-refractivity contribution in [1.82, 2.24) is 23.5 Å². The van der Waals surface area contributed by atoms with E-state index in [0.29, 0.717) is 0 Å². The summed E-state index contributed by atoms with van der Waals surface area (Å²) < 4.78 is 6.93. The lowest BCUT2D eigenvalue weighted by Crippen LogP contribution is -2.06. The van der Waals surface area contributed by atoms with E-state index in [2.05, 4.69) is 183 Å². The molecular weight excluding hydrogens is 647 g/mol. The number of imidazole rings is 1. The highest BCUT2D eigenvalue weighted by Gasteiger charge is 2.21. The van der Waals surface area contributed by atoms with Gasteiger partial charge in [0.25, 0.3) is 0 Å². The number of hydrogen-bond donors (Lipinski definition) is 0. The summed E-state index contributed by atoms with van der Waals surface area (Å²) in [6.45, 7) is 0. The highest BCUT2D eigenvalue weighted by Crippen LogP contribution is 2.40. The van der Waals surface area contributed by atoms with Gasteiger partial charge in [0, 0.05) is 32.6 Å². The number of nitrogens with zero attached hydrogens (tertiary/aromatic N) is 5. The molecule has 0 saturated carbocycles. The molecule has 8 aromatic carbocycles. The lowest BCUT2D eigenvalue weighted by atomic mass is 10.00. The van der Waals surface area contributed by atoms with E-state index in [0.717, 1.165) is 50.3 Å². The van der Waals surface area contributed by atoms with Gasteiger partial charge in [-0.05, 0) is 88.6 Å². The third-order valence-corrected chi connectivity index (χ3v) is 11.0. The Balaban J connectivity index is 1.11. The zero-order chi connectivity index (χ0) is 34.6. The van der Waals surface area contributed by atoms with Gasteiger partial charge in [-0.2, -0.15) is 0 Å². The van der Waals surface area contributed by atoms with Crippen LogP contribution < -0.4 is 0 Å². The first-order valence-electron chi connectivity index (χ1n) is 18.0. The summed E-state index contributed by atoms with van der Waals surface area (Å²) in [6.07, 6.45) is 0. The zero-order valence-electron chi connectivity index (χ0n) is 28.5. The third-order valence-electron chi connectivity index (χ3n) is 11.0. The van der Waals surface area contributed by atoms with Crippen LogP contribution in [-0.2, 0) is 0 Å². The minimum atomic E-state index is 0.825. The minimum absolute atomic E-state index is 0.825. The second-order valence-electron chi connectivity index (χ2n) is 13.9. The molecule has 0 unspecified atom stereocenters. The van der Waals surface area contributed by atoms with Gasteiger partial charge in [0.2, 0.25) is 5.95 Å². The molecule has 5 heteroatoms. The van der Waals surface area contributed by atoms with Crippen LogP contribution in [-0.4, -0.2) is 23.5 Å². The molecule has 0 spiro atoms. The second-order valence-corrected chi connectivity index (χ2v) is 13.9. The average molecular weight is 676 g/mol. The molecule has 5 nitrogen and oxygen atoms in total. The van der Waals surface area contributed by atoms with E-state index in [1.165, 1.54) is 54.5 Å². The van der Waals surface area contributed by atoms with Crippen molar-refractivity contribution in [3.05, 3.63) is 176 Å². The van der Waals surface area contributed by atoms with Crippen LogP contribution in [0.3, 0.4) is 0 Å². The van der Waals surface area contributed by atoms with E-state index in [1.807, 2.05) is 6.07 Å². The number of rotatable bonds is 3. The predicted molar refractivity (Wildman–Crippen MR) is 220 cm³/mol. The zero-order valence-corrected chi connectivity index (χ0v) is 28.5. The highest BCUT2D eigenvalue weighted by molar-refractivity contribution is 6.22. The molecule has 4 aromatic heterocycles. The first-order chi connectivity index (χ1) is 26.3. The molecule has 0 atom stereocenters. The summed E-state index contributed by atoms with van der Waals surface area (Å²) in [5, 5.41) is 8.41. The van der Waals surface area contributed by atoms with Crippen LogP contribution in [0.4, 0.5) is 0 Å². The Morgan fingerprint density at radius 2 is 0.943 bits per heavy atom. The van der Waals surface area contributed by atoms with Crippen LogP contribution in [0.2, 0.25) is 0 Å². The molecule has 53 heavy (non-hydrogen) atoms. The van der Waals surface area contributed by atoms with Crippen molar-refractivity contribution in [2.45, 2.75) is 0 Å². The van der Waals surface area contributed by atoms with Gasteiger partial charge in [0.15, 0.2) is 0 Å². The second kappa shape index (κ2) is 10.6. The van der Waals surface area contributed by atoms with E-state index < -0.39 is 0 Å². The van der Waals surface area contributed by atoms with Gasteiger partial charge in [-0.1, -0.05) is 109 Å². The van der Waals surface area contributed by atoms with E-state index in [1.54, 1.807) is 0 Å². The van der Waals surface area contributed by atoms with Crippen molar-refractivity contribution < 1.29 is 0 Å². The van der Waals surface area contributed by atoms with Crippen molar-refractivity contribution in [3.8, 4) is 22.8 Å². The maximum absolute atomic E-state index is 5.39. The van der Waals surface area contributed by atoms with E-state index in [-0.39, 0.29) is 0 Å². The summed E-state index contributed by atoms with van der Waals surface area (Å²) in [5.74, 6) is 0.825. The Morgan fingerprint density at radius 3 is 1.72 bits per heavy atom. The Kier molecular flexibility index (Phi) is 5.71. The number of para-hydroxylation sites is 5. The molecule has 0 N–H and O–H groups in total. The van der Waals surface area contributed by atoms with Gasteiger partial charge in [-0.3, -0.25) is 8.97 Å². The van der Waals surface area contributed by atoms with Crippen molar-refractivity contribution in [2.24, 2.45) is 0 Å². The van der Waals surface area contributed by atoms with Crippen LogP contribution in [0.1, 0.15) is 0 Å². The standard InChI is InChI=1S/C48H29N5/c1-2-12-34-31(11-1)23-28-45-46(34)38-29-32(30-21-25-33(26-22-30)51-41-18-8-4-13-35(41)36-14-5-9-19-42(36)51)24-27-43(38)52(45)48-50-39-16-6-3-15-37(39)47-49-40-17-7-10-20-44(40)53(47)48/h1-29H. The summed E-state index contributed by atoms with van der Waals surface area (Å²) in [4.78, 5) is 10.5. The Hall–Kier alpha value is -7.24. The molecule has 4 heterocycles. The van der Waals surface area contributed by atoms with Gasteiger partial charge in [0.05, 0.1) is 38.6 Å². The molecule has 0 aliphatic heterocycles. The Labute approximate surface area is 303 Å². The molecule has 0 amide bonds. The fourth-order valence-corrected chi connectivity index (χ4v) is 8.67. The van der Waals surface area contributed by atoms with E-state index in [4.69, 9.17) is 9.97 Å². The van der Waals surface area contributed by atoms with Crippen LogP contribution in [0.5, 0.6) is 0 Å². The number of fused-ring (bicyclic) bond motifs is 13. The number of benzene rings is 8. The number of aromatic nitrogens is 5.